The zero-order valence-corrected chi connectivity index (χ0v) is 21.2. The van der Waals surface area contributed by atoms with Crippen molar-refractivity contribution in [3.63, 3.8) is 0 Å². The Balaban J connectivity index is 1.52. The van der Waals surface area contributed by atoms with Crippen molar-refractivity contribution in [3.8, 4) is 11.5 Å². The largest absolute Gasteiger partial charge is 0.423 e. The molecular weight excluding hydrogens is 488 g/mol. The molecule has 5 aromatic rings. The van der Waals surface area contributed by atoms with Gasteiger partial charge in [-0.2, -0.15) is 0 Å². The smallest absolute Gasteiger partial charge is 0.278 e. The fraction of sp³-hybridized carbons (Fsp3) is 0.269. The molecule has 3 N–H and O–H groups in total. The van der Waals surface area contributed by atoms with E-state index < -0.39 is 0 Å². The second-order valence-corrected chi connectivity index (χ2v) is 8.90. The van der Waals surface area contributed by atoms with Gasteiger partial charge in [-0.3, -0.25) is 9.48 Å². The molecule has 12 nitrogen and oxygen atoms in total. The lowest BCUT2D eigenvalue weighted by Crippen LogP contribution is -2.25. The van der Waals surface area contributed by atoms with Crippen LogP contribution in [0.15, 0.2) is 70.3 Å². The third-order valence-electron chi connectivity index (χ3n) is 6.02. The van der Waals surface area contributed by atoms with Gasteiger partial charge in [0.05, 0.1) is 29.3 Å². The van der Waals surface area contributed by atoms with E-state index in [2.05, 4.69) is 25.8 Å². The second kappa shape index (κ2) is 10.8. The molecule has 0 aliphatic carbocycles. The van der Waals surface area contributed by atoms with E-state index in [0.717, 1.165) is 5.56 Å². The van der Waals surface area contributed by atoms with Gasteiger partial charge < -0.3 is 24.9 Å². The number of hydrogen-bond acceptors (Lipinski definition) is 10. The molecule has 12 heteroatoms. The summed E-state index contributed by atoms with van der Waals surface area (Å²) in [5, 5.41) is 25.0. The molecule has 0 aliphatic heterocycles. The Hall–Kier alpha value is -4.55. The van der Waals surface area contributed by atoms with Crippen LogP contribution in [0.5, 0.6) is 0 Å². The summed E-state index contributed by atoms with van der Waals surface area (Å²) in [6, 6.07) is 14.5. The molecule has 5 rings (SSSR count). The number of fused-ring (bicyclic) bond motifs is 1. The first kappa shape index (κ1) is 25.1. The molecule has 0 spiro atoms. The first-order valence-electron chi connectivity index (χ1n) is 12.1. The molecule has 4 heterocycles. The number of nitrogens with zero attached hydrogens (tertiary/aromatic N) is 6. The van der Waals surface area contributed by atoms with Crippen LogP contribution < -0.4 is 16.2 Å². The number of hydrogen-bond donors (Lipinski definition) is 3. The Morgan fingerprint density at radius 1 is 1.13 bits per heavy atom. The lowest BCUT2D eigenvalue weighted by molar-refractivity contribution is 0.103. The van der Waals surface area contributed by atoms with Crippen molar-refractivity contribution in [2.24, 2.45) is 0 Å². The maximum Gasteiger partial charge on any atom is 0.278 e. The zero-order chi connectivity index (χ0) is 26.6. The number of aliphatic hydroxyl groups excluding tert-OH is 1. The SMILES string of the molecule is COCn1c(=O)c2ccc(Nc3cc(N[C@H](CO)c4ccccc4)c(-c4nnco4)cn3)nc2n1C(C)C. The Labute approximate surface area is 217 Å². The minimum atomic E-state index is -0.386. The van der Waals surface area contributed by atoms with Crippen molar-refractivity contribution in [1.29, 1.82) is 0 Å². The number of anilines is 3. The first-order valence-corrected chi connectivity index (χ1v) is 12.1. The number of ether oxygens (including phenoxy) is 1. The number of nitrogens with one attached hydrogen (secondary N) is 2. The molecule has 196 valence electrons. The molecule has 4 aromatic heterocycles. The van der Waals surface area contributed by atoms with Crippen molar-refractivity contribution in [2.75, 3.05) is 24.4 Å². The van der Waals surface area contributed by atoms with E-state index in [1.54, 1.807) is 31.5 Å². The van der Waals surface area contributed by atoms with Crippen molar-refractivity contribution in [2.45, 2.75) is 32.7 Å². The molecule has 0 fully saturated rings. The van der Waals surface area contributed by atoms with E-state index in [4.69, 9.17) is 14.1 Å². The molecule has 0 unspecified atom stereocenters. The van der Waals surface area contributed by atoms with Crippen LogP contribution in [0.4, 0.5) is 17.3 Å². The van der Waals surface area contributed by atoms with E-state index in [0.29, 0.717) is 33.9 Å². The van der Waals surface area contributed by atoms with Crippen molar-refractivity contribution < 1.29 is 14.3 Å². The van der Waals surface area contributed by atoms with Crippen molar-refractivity contribution in [1.82, 2.24) is 29.5 Å². The highest BCUT2D eigenvalue weighted by Gasteiger charge is 2.19. The van der Waals surface area contributed by atoms with Crippen LogP contribution in [-0.4, -0.2) is 48.4 Å². The minimum absolute atomic E-state index is 0.0193. The van der Waals surface area contributed by atoms with Crippen LogP contribution in [0.25, 0.3) is 22.5 Å². The Kier molecular flexibility index (Phi) is 7.15. The molecule has 38 heavy (non-hydrogen) atoms. The van der Waals surface area contributed by atoms with Crippen LogP contribution in [-0.2, 0) is 11.5 Å². The maximum absolute atomic E-state index is 12.9. The van der Waals surface area contributed by atoms with Gasteiger partial charge in [0.25, 0.3) is 11.4 Å². The quantitative estimate of drug-likeness (QED) is 0.251. The highest BCUT2D eigenvalue weighted by atomic mass is 16.5. The highest BCUT2D eigenvalue weighted by Crippen LogP contribution is 2.32. The van der Waals surface area contributed by atoms with Gasteiger partial charge in [0.15, 0.2) is 5.65 Å². The molecule has 0 bridgehead atoms. The molecule has 1 aromatic carbocycles. The number of rotatable bonds is 10. The number of benzene rings is 1. The summed E-state index contributed by atoms with van der Waals surface area (Å²) in [7, 11) is 1.55. The molecule has 0 saturated heterocycles. The molecule has 1 atom stereocenters. The van der Waals surface area contributed by atoms with Crippen molar-refractivity contribution in [3.05, 3.63) is 77.0 Å². The second-order valence-electron chi connectivity index (χ2n) is 8.90. The predicted molar refractivity (Wildman–Crippen MR) is 142 cm³/mol. The van der Waals surface area contributed by atoms with E-state index in [-0.39, 0.29) is 36.9 Å². The number of pyridine rings is 2. The van der Waals surface area contributed by atoms with Crippen molar-refractivity contribution >= 4 is 28.4 Å². The van der Waals surface area contributed by atoms with Crippen LogP contribution in [0.3, 0.4) is 0 Å². The summed E-state index contributed by atoms with van der Waals surface area (Å²) >= 11 is 0. The summed E-state index contributed by atoms with van der Waals surface area (Å²) in [6.07, 6.45) is 2.85. The zero-order valence-electron chi connectivity index (χ0n) is 21.2. The third kappa shape index (κ3) is 4.86. The first-order chi connectivity index (χ1) is 18.5. The number of aliphatic hydroxyl groups is 1. The standard InChI is InChI=1S/C26H28N8O4/c1-16(2)34-24-18(26(36)33(34)15-37-3)9-10-22(31-24)30-23-11-20(19(12-27-23)25-32-28-14-38-25)29-21(13-35)17-7-5-4-6-8-17/h4-12,14,16,21,35H,13,15H2,1-3H3,(H2,27,29,30,31)/t21-/m1/s1. The van der Waals surface area contributed by atoms with Gasteiger partial charge in [0.2, 0.25) is 6.39 Å². The number of aromatic nitrogens is 6. The lowest BCUT2D eigenvalue weighted by Gasteiger charge is -2.20. The van der Waals surface area contributed by atoms with Crippen LogP contribution in [0.1, 0.15) is 31.5 Å². The van der Waals surface area contributed by atoms with Gasteiger partial charge in [-0.05, 0) is 31.5 Å². The van der Waals surface area contributed by atoms with E-state index in [1.807, 2.05) is 48.9 Å². The van der Waals surface area contributed by atoms with Crippen LogP contribution >= 0.6 is 0 Å². The van der Waals surface area contributed by atoms with Gasteiger partial charge in [-0.1, -0.05) is 30.3 Å². The molecule has 0 amide bonds. The predicted octanol–water partition coefficient (Wildman–Crippen LogP) is 3.72. The Bertz CT molecular complexity index is 1580. The van der Waals surface area contributed by atoms with E-state index >= 15 is 0 Å². The maximum atomic E-state index is 12.9. The van der Waals surface area contributed by atoms with Gasteiger partial charge in [-0.15, -0.1) is 10.2 Å². The molecular formula is C26H28N8O4. The van der Waals surface area contributed by atoms with E-state index in [1.165, 1.54) is 11.1 Å². The highest BCUT2D eigenvalue weighted by molar-refractivity contribution is 5.79. The Morgan fingerprint density at radius 2 is 1.95 bits per heavy atom. The topological polar surface area (TPSA) is 145 Å². The Morgan fingerprint density at radius 3 is 2.63 bits per heavy atom. The summed E-state index contributed by atoms with van der Waals surface area (Å²) < 4.78 is 14.0. The fourth-order valence-electron chi connectivity index (χ4n) is 4.32. The normalized spacial score (nSPS) is 12.2. The summed E-state index contributed by atoms with van der Waals surface area (Å²) in [6.45, 7) is 3.94. The monoisotopic (exact) mass is 516 g/mol. The summed E-state index contributed by atoms with van der Waals surface area (Å²) in [4.78, 5) is 22.1. The lowest BCUT2D eigenvalue weighted by atomic mass is 10.1. The van der Waals surface area contributed by atoms with Gasteiger partial charge in [0.1, 0.15) is 18.4 Å². The van der Waals surface area contributed by atoms with E-state index in [9.17, 15) is 9.90 Å². The van der Waals surface area contributed by atoms with Gasteiger partial charge in [-0.25, -0.2) is 14.6 Å². The molecule has 0 aliphatic rings. The van der Waals surface area contributed by atoms with Crippen LogP contribution in [0, 0.1) is 0 Å². The van der Waals surface area contributed by atoms with Gasteiger partial charge in [0, 0.05) is 25.4 Å². The number of methoxy groups -OCH3 is 1. The van der Waals surface area contributed by atoms with Gasteiger partial charge >= 0.3 is 0 Å². The third-order valence-corrected chi connectivity index (χ3v) is 6.02. The average molecular weight is 517 g/mol. The van der Waals surface area contributed by atoms with Crippen LogP contribution in [0.2, 0.25) is 0 Å². The molecule has 0 radical (unpaired) electrons. The summed E-state index contributed by atoms with van der Waals surface area (Å²) in [5.41, 5.74) is 2.49. The average Bonchev–Trinajstić information content (AvgIpc) is 3.55. The minimum Gasteiger partial charge on any atom is -0.423 e. The molecule has 0 saturated carbocycles. The summed E-state index contributed by atoms with van der Waals surface area (Å²) in [5.74, 6) is 1.28. The fourth-order valence-corrected chi connectivity index (χ4v) is 4.32.